The standard InChI is InChI=1S/C14H24N4OS/c1-10-11(2)20-12(18-10)8-16-13(15-4)17-9-14(3)6-5-7-19-14/h5-9H2,1-4H3,(H2,15,16,17). The van der Waals surface area contributed by atoms with Gasteiger partial charge in [-0.1, -0.05) is 0 Å². The number of aryl methyl sites for hydroxylation is 2. The van der Waals surface area contributed by atoms with Gasteiger partial charge in [-0.3, -0.25) is 4.99 Å². The van der Waals surface area contributed by atoms with Gasteiger partial charge in [0.05, 0.1) is 17.8 Å². The van der Waals surface area contributed by atoms with Crippen molar-refractivity contribution in [2.75, 3.05) is 20.2 Å². The quantitative estimate of drug-likeness (QED) is 0.659. The van der Waals surface area contributed by atoms with E-state index in [0.29, 0.717) is 6.54 Å². The Bertz CT molecular complexity index is 458. The van der Waals surface area contributed by atoms with Crippen LogP contribution in [0.2, 0.25) is 0 Å². The molecule has 0 radical (unpaired) electrons. The molecule has 1 fully saturated rings. The van der Waals surface area contributed by atoms with Crippen molar-refractivity contribution in [1.29, 1.82) is 0 Å². The summed E-state index contributed by atoms with van der Waals surface area (Å²) in [5.74, 6) is 0.798. The number of hydrogen-bond acceptors (Lipinski definition) is 4. The fourth-order valence-corrected chi connectivity index (χ4v) is 3.12. The molecule has 1 aliphatic heterocycles. The maximum atomic E-state index is 5.76. The first-order valence-electron chi connectivity index (χ1n) is 7.04. The molecule has 5 nitrogen and oxygen atoms in total. The average molecular weight is 296 g/mol. The number of rotatable bonds is 4. The van der Waals surface area contributed by atoms with Crippen molar-refractivity contribution in [3.63, 3.8) is 0 Å². The van der Waals surface area contributed by atoms with Gasteiger partial charge in [-0.05, 0) is 33.6 Å². The molecule has 0 saturated carbocycles. The van der Waals surface area contributed by atoms with Crippen LogP contribution in [0.3, 0.4) is 0 Å². The number of thiazole rings is 1. The summed E-state index contributed by atoms with van der Waals surface area (Å²) in [6, 6.07) is 0. The maximum Gasteiger partial charge on any atom is 0.191 e. The van der Waals surface area contributed by atoms with Crippen molar-refractivity contribution in [2.45, 2.75) is 45.8 Å². The molecule has 2 N–H and O–H groups in total. The number of nitrogens with one attached hydrogen (secondary N) is 2. The van der Waals surface area contributed by atoms with Gasteiger partial charge in [-0.2, -0.15) is 0 Å². The molecule has 1 unspecified atom stereocenters. The van der Waals surface area contributed by atoms with Crippen molar-refractivity contribution >= 4 is 17.3 Å². The Morgan fingerprint density at radius 1 is 1.45 bits per heavy atom. The second kappa shape index (κ2) is 6.54. The average Bonchev–Trinajstić information content (AvgIpc) is 2.98. The van der Waals surface area contributed by atoms with Crippen LogP contribution in [0.5, 0.6) is 0 Å². The molecule has 6 heteroatoms. The van der Waals surface area contributed by atoms with Gasteiger partial charge in [0.25, 0.3) is 0 Å². The topological polar surface area (TPSA) is 58.5 Å². The highest BCUT2D eigenvalue weighted by atomic mass is 32.1. The van der Waals surface area contributed by atoms with Crippen LogP contribution in [0.25, 0.3) is 0 Å². The minimum Gasteiger partial charge on any atom is -0.373 e. The van der Waals surface area contributed by atoms with Crippen LogP contribution in [0.4, 0.5) is 0 Å². The summed E-state index contributed by atoms with van der Waals surface area (Å²) in [4.78, 5) is 10.0. The molecule has 112 valence electrons. The van der Waals surface area contributed by atoms with Crippen LogP contribution in [0, 0.1) is 13.8 Å². The van der Waals surface area contributed by atoms with Crippen LogP contribution in [-0.4, -0.2) is 36.7 Å². The van der Waals surface area contributed by atoms with Crippen molar-refractivity contribution in [2.24, 2.45) is 4.99 Å². The summed E-state index contributed by atoms with van der Waals surface area (Å²) in [6.45, 7) is 8.64. The molecule has 2 rings (SSSR count). The minimum atomic E-state index is -0.0635. The lowest BCUT2D eigenvalue weighted by molar-refractivity contribution is 0.0243. The number of guanidine groups is 1. The summed E-state index contributed by atoms with van der Waals surface area (Å²) in [5, 5.41) is 7.72. The zero-order chi connectivity index (χ0) is 14.6. The van der Waals surface area contributed by atoms with E-state index in [4.69, 9.17) is 4.74 Å². The smallest absolute Gasteiger partial charge is 0.191 e. The molecule has 20 heavy (non-hydrogen) atoms. The van der Waals surface area contributed by atoms with Gasteiger partial charge >= 0.3 is 0 Å². The predicted octanol–water partition coefficient (Wildman–Crippen LogP) is 1.99. The van der Waals surface area contributed by atoms with Gasteiger partial charge in [0, 0.05) is 25.1 Å². The maximum absolute atomic E-state index is 5.76. The van der Waals surface area contributed by atoms with E-state index in [9.17, 15) is 0 Å². The Balaban J connectivity index is 1.80. The monoisotopic (exact) mass is 296 g/mol. The summed E-state index contributed by atoms with van der Waals surface area (Å²) in [5.41, 5.74) is 1.05. The van der Waals surface area contributed by atoms with E-state index in [1.807, 2.05) is 6.92 Å². The third kappa shape index (κ3) is 3.93. The molecule has 1 aromatic rings. The molecular formula is C14H24N4OS. The van der Waals surface area contributed by atoms with Gasteiger partial charge in [0.15, 0.2) is 5.96 Å². The highest BCUT2D eigenvalue weighted by Gasteiger charge is 2.29. The van der Waals surface area contributed by atoms with Crippen molar-refractivity contribution < 1.29 is 4.74 Å². The molecule has 1 atom stereocenters. The molecule has 1 aromatic heterocycles. The van der Waals surface area contributed by atoms with Crippen molar-refractivity contribution in [1.82, 2.24) is 15.6 Å². The Hall–Kier alpha value is -1.14. The van der Waals surface area contributed by atoms with Gasteiger partial charge in [-0.15, -0.1) is 11.3 Å². The lowest BCUT2D eigenvalue weighted by Gasteiger charge is -2.24. The van der Waals surface area contributed by atoms with E-state index < -0.39 is 0 Å². The first-order chi connectivity index (χ1) is 9.52. The van der Waals surface area contributed by atoms with Gasteiger partial charge in [0.2, 0.25) is 0 Å². The Morgan fingerprint density at radius 3 is 2.80 bits per heavy atom. The summed E-state index contributed by atoms with van der Waals surface area (Å²) in [6.07, 6.45) is 2.24. The van der Waals surface area contributed by atoms with Crippen molar-refractivity contribution in [3.8, 4) is 0 Å². The second-order valence-electron chi connectivity index (χ2n) is 5.43. The van der Waals surface area contributed by atoms with Crippen molar-refractivity contribution in [3.05, 3.63) is 15.6 Å². The molecule has 0 aromatic carbocycles. The second-order valence-corrected chi connectivity index (χ2v) is 6.72. The number of aliphatic imine (C=N–C) groups is 1. The number of ether oxygens (including phenoxy) is 1. The van der Waals surface area contributed by atoms with E-state index in [0.717, 1.165) is 42.7 Å². The first kappa shape index (κ1) is 15.3. The molecule has 0 aliphatic carbocycles. The normalized spacial score (nSPS) is 23.1. The molecule has 0 spiro atoms. The number of hydrogen-bond donors (Lipinski definition) is 2. The third-order valence-corrected chi connectivity index (χ3v) is 4.71. The molecule has 1 saturated heterocycles. The van der Waals surface area contributed by atoms with Gasteiger partial charge in [-0.25, -0.2) is 4.98 Å². The highest BCUT2D eigenvalue weighted by Crippen LogP contribution is 2.23. The van der Waals surface area contributed by atoms with Crippen LogP contribution in [0.1, 0.15) is 35.3 Å². The van der Waals surface area contributed by atoms with Crippen LogP contribution in [0.15, 0.2) is 4.99 Å². The molecular weight excluding hydrogens is 272 g/mol. The fraction of sp³-hybridized carbons (Fsp3) is 0.714. The summed E-state index contributed by atoms with van der Waals surface area (Å²) in [7, 11) is 1.78. The van der Waals surface area contributed by atoms with Crippen LogP contribution in [-0.2, 0) is 11.3 Å². The zero-order valence-corrected chi connectivity index (χ0v) is 13.6. The minimum absolute atomic E-state index is 0.0635. The Labute approximate surface area is 124 Å². The molecule has 1 aliphatic rings. The Kier molecular flexibility index (Phi) is 4.99. The summed E-state index contributed by atoms with van der Waals surface area (Å²) < 4.78 is 5.76. The number of nitrogens with zero attached hydrogens (tertiary/aromatic N) is 2. The first-order valence-corrected chi connectivity index (χ1v) is 7.85. The van der Waals surface area contributed by atoms with E-state index in [2.05, 4.69) is 34.5 Å². The van der Waals surface area contributed by atoms with E-state index in [1.54, 1.807) is 18.4 Å². The fourth-order valence-electron chi connectivity index (χ4n) is 2.24. The molecule has 2 heterocycles. The van der Waals surface area contributed by atoms with Crippen LogP contribution < -0.4 is 10.6 Å². The number of aromatic nitrogens is 1. The van der Waals surface area contributed by atoms with E-state index >= 15 is 0 Å². The lowest BCUT2D eigenvalue weighted by atomic mass is 10.0. The third-order valence-electron chi connectivity index (χ3n) is 3.63. The largest absolute Gasteiger partial charge is 0.373 e. The van der Waals surface area contributed by atoms with E-state index in [-0.39, 0.29) is 5.60 Å². The Morgan fingerprint density at radius 2 is 2.25 bits per heavy atom. The predicted molar refractivity (Wildman–Crippen MR) is 83.4 cm³/mol. The SMILES string of the molecule is CN=C(NCc1nc(C)c(C)s1)NCC1(C)CCCO1. The molecule has 0 amide bonds. The van der Waals surface area contributed by atoms with Gasteiger partial charge < -0.3 is 15.4 Å². The van der Waals surface area contributed by atoms with E-state index in [1.165, 1.54) is 4.88 Å². The summed E-state index contributed by atoms with van der Waals surface area (Å²) >= 11 is 1.73. The van der Waals surface area contributed by atoms with Crippen LogP contribution >= 0.6 is 11.3 Å². The highest BCUT2D eigenvalue weighted by molar-refractivity contribution is 7.11. The zero-order valence-electron chi connectivity index (χ0n) is 12.7. The molecule has 0 bridgehead atoms. The lowest BCUT2D eigenvalue weighted by Crippen LogP contribution is -2.45. The van der Waals surface area contributed by atoms with Gasteiger partial charge in [0.1, 0.15) is 5.01 Å².